The van der Waals surface area contributed by atoms with Gasteiger partial charge in [0.1, 0.15) is 0 Å². The smallest absolute Gasteiger partial charge is 0.0390 e. The van der Waals surface area contributed by atoms with E-state index in [1.54, 1.807) is 0 Å². The number of hydrogen-bond donors (Lipinski definition) is 2. The third-order valence-electron chi connectivity index (χ3n) is 3.06. The molecule has 2 aromatic carbocycles. The summed E-state index contributed by atoms with van der Waals surface area (Å²) in [6.07, 6.45) is 2.23. The third kappa shape index (κ3) is 3.52. The van der Waals surface area contributed by atoms with Gasteiger partial charge in [0.2, 0.25) is 0 Å². The van der Waals surface area contributed by atoms with Crippen LogP contribution in [0, 0.1) is 6.92 Å². The Bertz CT molecular complexity index is 492. The molecule has 0 amide bonds. The third-order valence-corrected chi connectivity index (χ3v) is 3.06. The molecule has 0 radical (unpaired) electrons. The number of rotatable bonds is 5. The second kappa shape index (κ2) is 6.10. The van der Waals surface area contributed by atoms with Gasteiger partial charge in [-0.15, -0.1) is 0 Å². The molecular formula is C16H20N2. The molecule has 0 aliphatic heterocycles. The Morgan fingerprint density at radius 3 is 2.61 bits per heavy atom. The van der Waals surface area contributed by atoms with Crippen LogP contribution in [-0.4, -0.2) is 6.54 Å². The first-order chi connectivity index (χ1) is 8.75. The predicted octanol–water partition coefficient (Wildman–Crippen LogP) is 3.62. The fourth-order valence-electron chi connectivity index (χ4n) is 1.99. The van der Waals surface area contributed by atoms with Gasteiger partial charge in [-0.2, -0.15) is 0 Å². The lowest BCUT2D eigenvalue weighted by Crippen LogP contribution is -2.04. The largest absolute Gasteiger partial charge is 0.399 e. The lowest BCUT2D eigenvalue weighted by molar-refractivity contribution is 0.862. The Hall–Kier alpha value is -1.96. The van der Waals surface area contributed by atoms with Gasteiger partial charge in [0, 0.05) is 17.9 Å². The highest BCUT2D eigenvalue weighted by Gasteiger charge is 1.98. The molecule has 2 rings (SSSR count). The summed E-state index contributed by atoms with van der Waals surface area (Å²) in [5.41, 5.74) is 10.4. The van der Waals surface area contributed by atoms with E-state index in [1.807, 2.05) is 12.1 Å². The number of anilines is 2. The van der Waals surface area contributed by atoms with Gasteiger partial charge in [-0.25, -0.2) is 0 Å². The first-order valence-corrected chi connectivity index (χ1v) is 6.39. The minimum Gasteiger partial charge on any atom is -0.399 e. The van der Waals surface area contributed by atoms with E-state index in [2.05, 4.69) is 48.6 Å². The van der Waals surface area contributed by atoms with Crippen LogP contribution in [0.15, 0.2) is 48.5 Å². The Labute approximate surface area is 109 Å². The fraction of sp³-hybridized carbons (Fsp3) is 0.250. The van der Waals surface area contributed by atoms with E-state index in [9.17, 15) is 0 Å². The van der Waals surface area contributed by atoms with E-state index in [0.717, 1.165) is 30.8 Å². The van der Waals surface area contributed by atoms with Crippen molar-refractivity contribution in [3.05, 3.63) is 59.7 Å². The summed E-state index contributed by atoms with van der Waals surface area (Å²) in [5.74, 6) is 0. The SMILES string of the molecule is Cc1ccc(N)cc1NCCCc1ccccc1. The first-order valence-electron chi connectivity index (χ1n) is 6.39. The maximum Gasteiger partial charge on any atom is 0.0390 e. The van der Waals surface area contributed by atoms with Gasteiger partial charge in [0.25, 0.3) is 0 Å². The van der Waals surface area contributed by atoms with Crippen LogP contribution in [0.1, 0.15) is 17.5 Å². The molecule has 3 N–H and O–H groups in total. The Morgan fingerprint density at radius 2 is 1.83 bits per heavy atom. The van der Waals surface area contributed by atoms with Crippen LogP contribution < -0.4 is 11.1 Å². The van der Waals surface area contributed by atoms with E-state index in [4.69, 9.17) is 5.73 Å². The number of aryl methyl sites for hydroxylation is 2. The minimum atomic E-state index is 0.811. The molecule has 0 heterocycles. The van der Waals surface area contributed by atoms with Crippen LogP contribution in [0.5, 0.6) is 0 Å². The van der Waals surface area contributed by atoms with Gasteiger partial charge in [-0.3, -0.25) is 0 Å². The van der Waals surface area contributed by atoms with Gasteiger partial charge in [-0.1, -0.05) is 36.4 Å². The summed E-state index contributed by atoms with van der Waals surface area (Å²) in [6.45, 7) is 3.07. The second-order valence-electron chi connectivity index (χ2n) is 4.59. The Morgan fingerprint density at radius 1 is 1.06 bits per heavy atom. The van der Waals surface area contributed by atoms with Gasteiger partial charge in [0.05, 0.1) is 0 Å². The molecule has 2 heteroatoms. The van der Waals surface area contributed by atoms with Crippen LogP contribution in [0.25, 0.3) is 0 Å². The zero-order chi connectivity index (χ0) is 12.8. The zero-order valence-electron chi connectivity index (χ0n) is 10.8. The number of nitrogens with two attached hydrogens (primary N) is 1. The number of nitrogen functional groups attached to an aromatic ring is 1. The van der Waals surface area contributed by atoms with Crippen LogP contribution in [0.4, 0.5) is 11.4 Å². The Kier molecular flexibility index (Phi) is 4.24. The summed E-state index contributed by atoms with van der Waals surface area (Å²) in [7, 11) is 0. The molecule has 0 aromatic heterocycles. The molecule has 18 heavy (non-hydrogen) atoms. The maximum absolute atomic E-state index is 5.78. The summed E-state index contributed by atoms with van der Waals surface area (Å²) in [6, 6.07) is 16.6. The summed E-state index contributed by atoms with van der Waals surface area (Å²) >= 11 is 0. The van der Waals surface area contributed by atoms with Crippen molar-refractivity contribution >= 4 is 11.4 Å². The molecule has 2 nitrogen and oxygen atoms in total. The van der Waals surface area contributed by atoms with Gasteiger partial charge in [-0.05, 0) is 43.0 Å². The molecule has 0 bridgehead atoms. The van der Waals surface area contributed by atoms with Crippen LogP contribution in [0.3, 0.4) is 0 Å². The quantitative estimate of drug-likeness (QED) is 0.618. The van der Waals surface area contributed by atoms with E-state index < -0.39 is 0 Å². The molecule has 0 unspecified atom stereocenters. The molecular weight excluding hydrogens is 220 g/mol. The molecule has 0 spiro atoms. The standard InChI is InChI=1S/C16H20N2/c1-13-9-10-15(17)12-16(13)18-11-5-8-14-6-3-2-4-7-14/h2-4,6-7,9-10,12,18H,5,8,11,17H2,1H3. The van der Waals surface area contributed by atoms with Gasteiger partial charge in [0.15, 0.2) is 0 Å². The van der Waals surface area contributed by atoms with Crippen LogP contribution in [-0.2, 0) is 6.42 Å². The van der Waals surface area contributed by atoms with Crippen molar-refractivity contribution in [1.29, 1.82) is 0 Å². The molecule has 0 aliphatic rings. The number of nitrogens with one attached hydrogen (secondary N) is 1. The highest BCUT2D eigenvalue weighted by Crippen LogP contribution is 2.18. The van der Waals surface area contributed by atoms with Crippen molar-refractivity contribution in [3.8, 4) is 0 Å². The van der Waals surface area contributed by atoms with Crippen molar-refractivity contribution in [1.82, 2.24) is 0 Å². The zero-order valence-corrected chi connectivity index (χ0v) is 10.8. The molecule has 0 aliphatic carbocycles. The van der Waals surface area contributed by atoms with E-state index in [0.29, 0.717) is 0 Å². The predicted molar refractivity (Wildman–Crippen MR) is 78.8 cm³/mol. The topological polar surface area (TPSA) is 38.0 Å². The lowest BCUT2D eigenvalue weighted by Gasteiger charge is -2.10. The van der Waals surface area contributed by atoms with Gasteiger partial charge >= 0.3 is 0 Å². The normalized spacial score (nSPS) is 10.3. The van der Waals surface area contributed by atoms with Crippen LogP contribution >= 0.6 is 0 Å². The van der Waals surface area contributed by atoms with E-state index >= 15 is 0 Å². The van der Waals surface area contributed by atoms with E-state index in [1.165, 1.54) is 11.1 Å². The fourth-order valence-corrected chi connectivity index (χ4v) is 1.99. The maximum atomic E-state index is 5.78. The highest BCUT2D eigenvalue weighted by atomic mass is 14.9. The minimum absolute atomic E-state index is 0.811. The average molecular weight is 240 g/mol. The number of hydrogen-bond acceptors (Lipinski definition) is 2. The molecule has 0 saturated carbocycles. The van der Waals surface area contributed by atoms with Crippen molar-refractivity contribution in [2.75, 3.05) is 17.6 Å². The van der Waals surface area contributed by atoms with Crippen molar-refractivity contribution in [2.24, 2.45) is 0 Å². The summed E-state index contributed by atoms with van der Waals surface area (Å²) < 4.78 is 0. The molecule has 0 saturated heterocycles. The molecule has 0 fully saturated rings. The molecule has 94 valence electrons. The average Bonchev–Trinajstić information content (AvgIpc) is 2.40. The van der Waals surface area contributed by atoms with Crippen LogP contribution in [0.2, 0.25) is 0 Å². The monoisotopic (exact) mass is 240 g/mol. The number of benzene rings is 2. The highest BCUT2D eigenvalue weighted by molar-refractivity contribution is 5.59. The van der Waals surface area contributed by atoms with E-state index in [-0.39, 0.29) is 0 Å². The Balaban J connectivity index is 1.80. The van der Waals surface area contributed by atoms with Crippen molar-refractivity contribution in [2.45, 2.75) is 19.8 Å². The lowest BCUT2D eigenvalue weighted by atomic mass is 10.1. The first kappa shape index (κ1) is 12.5. The second-order valence-corrected chi connectivity index (χ2v) is 4.59. The van der Waals surface area contributed by atoms with Crippen molar-refractivity contribution in [3.63, 3.8) is 0 Å². The molecule has 0 atom stereocenters. The summed E-state index contributed by atoms with van der Waals surface area (Å²) in [4.78, 5) is 0. The molecule has 2 aromatic rings. The summed E-state index contributed by atoms with van der Waals surface area (Å²) in [5, 5.41) is 3.44. The van der Waals surface area contributed by atoms with Crippen molar-refractivity contribution < 1.29 is 0 Å². The van der Waals surface area contributed by atoms with Gasteiger partial charge < -0.3 is 11.1 Å².